The van der Waals surface area contributed by atoms with E-state index >= 15 is 0 Å². The van der Waals surface area contributed by atoms with Crippen molar-refractivity contribution in [1.29, 1.82) is 0 Å². The molecule has 0 saturated carbocycles. The van der Waals surface area contributed by atoms with Gasteiger partial charge in [-0.15, -0.1) is 0 Å². The van der Waals surface area contributed by atoms with Crippen molar-refractivity contribution >= 4 is 55.6 Å². The number of sulfone groups is 1. The van der Waals surface area contributed by atoms with Crippen molar-refractivity contribution in [2.45, 2.75) is 4.90 Å². The van der Waals surface area contributed by atoms with Crippen LogP contribution in [0.2, 0.25) is 5.02 Å². The summed E-state index contributed by atoms with van der Waals surface area (Å²) >= 11 is 8.05. The van der Waals surface area contributed by atoms with Crippen LogP contribution in [-0.4, -0.2) is 20.6 Å². The number of hydrogen-bond donors (Lipinski definition) is 1. The first kappa shape index (κ1) is 16.3. The predicted octanol–water partition coefficient (Wildman–Crippen LogP) is 3.60. The van der Waals surface area contributed by atoms with E-state index in [1.54, 1.807) is 30.3 Å². The first-order chi connectivity index (χ1) is 9.77. The van der Waals surface area contributed by atoms with E-state index in [0.29, 0.717) is 16.3 Å². The van der Waals surface area contributed by atoms with Gasteiger partial charge >= 0.3 is 0 Å². The van der Waals surface area contributed by atoms with Crippen LogP contribution in [0.25, 0.3) is 0 Å². The van der Waals surface area contributed by atoms with Crippen LogP contribution in [0.4, 0.5) is 5.69 Å². The van der Waals surface area contributed by atoms with Gasteiger partial charge in [-0.3, -0.25) is 4.79 Å². The summed E-state index contributed by atoms with van der Waals surface area (Å²) in [5.74, 6) is -0.348. The molecule has 0 saturated heterocycles. The predicted molar refractivity (Wildman–Crippen MR) is 91.7 cm³/mol. The van der Waals surface area contributed by atoms with Gasteiger partial charge in [0.1, 0.15) is 0 Å². The van der Waals surface area contributed by atoms with Crippen LogP contribution in [0.15, 0.2) is 47.4 Å². The first-order valence-electron chi connectivity index (χ1n) is 5.84. The van der Waals surface area contributed by atoms with Crippen molar-refractivity contribution < 1.29 is 13.2 Å². The summed E-state index contributed by atoms with van der Waals surface area (Å²) in [5.41, 5.74) is 0.822. The normalized spacial score (nSPS) is 11.2. The molecule has 2 aromatic rings. The smallest absolute Gasteiger partial charge is 0.255 e. The van der Waals surface area contributed by atoms with Crippen molar-refractivity contribution in [2.24, 2.45) is 0 Å². The summed E-state index contributed by atoms with van der Waals surface area (Å²) in [6.07, 6.45) is 1.12. The Hall–Kier alpha value is -1.12. The summed E-state index contributed by atoms with van der Waals surface area (Å²) in [4.78, 5) is 12.3. The van der Waals surface area contributed by atoms with Gasteiger partial charge in [0.2, 0.25) is 0 Å². The second-order valence-corrected chi connectivity index (χ2v) is 7.97. The van der Waals surface area contributed by atoms with Crippen molar-refractivity contribution in [3.63, 3.8) is 0 Å². The Kier molecular flexibility index (Phi) is 4.90. The zero-order chi connectivity index (χ0) is 15.6. The monoisotopic (exact) mass is 435 g/mol. The number of nitrogens with one attached hydrogen (secondary N) is 1. The average molecular weight is 436 g/mol. The van der Waals surface area contributed by atoms with E-state index < -0.39 is 9.84 Å². The van der Waals surface area contributed by atoms with E-state index in [1.165, 1.54) is 12.1 Å². The maximum atomic E-state index is 12.1. The molecule has 1 amide bonds. The zero-order valence-corrected chi connectivity index (χ0v) is 14.7. The van der Waals surface area contributed by atoms with Crippen LogP contribution in [0.1, 0.15) is 10.4 Å². The third kappa shape index (κ3) is 4.18. The molecule has 7 heteroatoms. The topological polar surface area (TPSA) is 63.2 Å². The van der Waals surface area contributed by atoms with Crippen molar-refractivity contribution in [3.8, 4) is 0 Å². The van der Waals surface area contributed by atoms with E-state index in [2.05, 4.69) is 27.9 Å². The fourth-order valence-electron chi connectivity index (χ4n) is 1.65. The molecule has 21 heavy (non-hydrogen) atoms. The molecule has 4 nitrogen and oxygen atoms in total. The minimum absolute atomic E-state index is 0.154. The van der Waals surface area contributed by atoms with Gasteiger partial charge in [-0.05, 0) is 59.0 Å². The van der Waals surface area contributed by atoms with Gasteiger partial charge in [-0.1, -0.05) is 17.7 Å². The number of carbonyl (C=O) groups is 1. The van der Waals surface area contributed by atoms with E-state index in [9.17, 15) is 13.2 Å². The number of benzene rings is 2. The van der Waals surface area contributed by atoms with Gasteiger partial charge in [0.25, 0.3) is 5.91 Å². The van der Waals surface area contributed by atoms with E-state index in [-0.39, 0.29) is 10.8 Å². The third-order valence-electron chi connectivity index (χ3n) is 2.70. The van der Waals surface area contributed by atoms with Crippen molar-refractivity contribution in [2.75, 3.05) is 11.6 Å². The van der Waals surface area contributed by atoms with Crippen LogP contribution < -0.4 is 5.32 Å². The van der Waals surface area contributed by atoms with Crippen LogP contribution in [0.3, 0.4) is 0 Å². The van der Waals surface area contributed by atoms with Gasteiger partial charge in [0.05, 0.1) is 9.92 Å². The minimum Gasteiger partial charge on any atom is -0.322 e. The summed E-state index contributed by atoms with van der Waals surface area (Å²) in [7, 11) is -3.31. The lowest BCUT2D eigenvalue weighted by molar-refractivity contribution is 0.102. The van der Waals surface area contributed by atoms with Crippen LogP contribution in [-0.2, 0) is 9.84 Å². The number of hydrogen-bond acceptors (Lipinski definition) is 3. The lowest BCUT2D eigenvalue weighted by Crippen LogP contribution is -2.12. The molecule has 0 spiro atoms. The molecule has 0 atom stereocenters. The molecule has 110 valence electrons. The van der Waals surface area contributed by atoms with Crippen molar-refractivity contribution in [3.05, 3.63) is 56.6 Å². The number of rotatable bonds is 3. The zero-order valence-electron chi connectivity index (χ0n) is 10.9. The summed E-state index contributed by atoms with van der Waals surface area (Å²) in [5, 5.41) is 3.15. The molecule has 2 rings (SSSR count). The highest BCUT2D eigenvalue weighted by atomic mass is 127. The molecule has 0 aliphatic carbocycles. The van der Waals surface area contributed by atoms with E-state index in [0.717, 1.165) is 9.83 Å². The Labute approximate surface area is 141 Å². The fourth-order valence-corrected chi connectivity index (χ4v) is 2.83. The Morgan fingerprint density at radius 2 is 1.90 bits per heavy atom. The second-order valence-electron chi connectivity index (χ2n) is 4.38. The number of anilines is 1. The molecule has 1 N–H and O–H groups in total. The molecule has 2 aromatic carbocycles. The van der Waals surface area contributed by atoms with Gasteiger partial charge < -0.3 is 5.32 Å². The Bertz CT molecular complexity index is 806. The molecule has 0 heterocycles. The number of amides is 1. The van der Waals surface area contributed by atoms with Gasteiger partial charge in [0, 0.05) is 21.1 Å². The largest absolute Gasteiger partial charge is 0.322 e. The van der Waals surface area contributed by atoms with Gasteiger partial charge in [-0.25, -0.2) is 8.42 Å². The SMILES string of the molecule is CS(=O)(=O)c1cccc(NC(=O)c2ccc(I)c(Cl)c2)c1. The first-order valence-corrected chi connectivity index (χ1v) is 9.19. The van der Waals surface area contributed by atoms with Crippen molar-refractivity contribution in [1.82, 2.24) is 0 Å². The molecule has 0 radical (unpaired) electrons. The molecule has 0 aliphatic heterocycles. The van der Waals surface area contributed by atoms with Crippen LogP contribution in [0, 0.1) is 3.57 Å². The quantitative estimate of drug-likeness (QED) is 0.749. The Balaban J connectivity index is 2.25. The summed E-state index contributed by atoms with van der Waals surface area (Å²) in [6, 6.07) is 11.1. The minimum atomic E-state index is -3.31. The molecule has 0 aromatic heterocycles. The standard InChI is InChI=1S/C14H11ClINO3S/c1-21(19,20)11-4-2-3-10(8-11)17-14(18)9-5-6-13(16)12(15)7-9/h2-8H,1H3,(H,17,18). The number of carbonyl (C=O) groups excluding carboxylic acids is 1. The van der Waals surface area contributed by atoms with Crippen LogP contribution >= 0.6 is 34.2 Å². The Morgan fingerprint density at radius 3 is 2.52 bits per heavy atom. The molecule has 0 bridgehead atoms. The highest BCUT2D eigenvalue weighted by Crippen LogP contribution is 2.21. The van der Waals surface area contributed by atoms with E-state index in [4.69, 9.17) is 11.6 Å². The maximum Gasteiger partial charge on any atom is 0.255 e. The van der Waals surface area contributed by atoms with Gasteiger partial charge in [-0.2, -0.15) is 0 Å². The van der Waals surface area contributed by atoms with Gasteiger partial charge in [0.15, 0.2) is 9.84 Å². The summed E-state index contributed by atoms with van der Waals surface area (Å²) in [6.45, 7) is 0. The highest BCUT2D eigenvalue weighted by Gasteiger charge is 2.11. The fraction of sp³-hybridized carbons (Fsp3) is 0.0714. The molecular formula is C14H11ClINO3S. The lowest BCUT2D eigenvalue weighted by atomic mass is 10.2. The molecule has 0 fully saturated rings. The Morgan fingerprint density at radius 1 is 1.19 bits per heavy atom. The molecule has 0 unspecified atom stereocenters. The molecular weight excluding hydrogens is 425 g/mol. The second kappa shape index (κ2) is 6.33. The summed E-state index contributed by atoms with van der Waals surface area (Å²) < 4.78 is 23.8. The van der Waals surface area contributed by atoms with Crippen LogP contribution in [0.5, 0.6) is 0 Å². The average Bonchev–Trinajstić information content (AvgIpc) is 2.41. The third-order valence-corrected chi connectivity index (χ3v) is 5.38. The maximum absolute atomic E-state index is 12.1. The number of halogens is 2. The highest BCUT2D eigenvalue weighted by molar-refractivity contribution is 14.1. The lowest BCUT2D eigenvalue weighted by Gasteiger charge is -2.07. The van der Waals surface area contributed by atoms with E-state index in [1.807, 2.05) is 0 Å². The molecule has 0 aliphatic rings.